The number of nitrogens with one attached hydrogen (secondary N) is 1. The van der Waals surface area contributed by atoms with Crippen molar-refractivity contribution in [2.45, 2.75) is 26.2 Å². The van der Waals surface area contributed by atoms with Crippen LogP contribution in [0.25, 0.3) is 0 Å². The van der Waals surface area contributed by atoms with Gasteiger partial charge in [0.15, 0.2) is 0 Å². The SMILES string of the molecule is C[C@@H]1CNCCN1C(=O)OCc1c(F)cc(OCc2ccsc2)cc1F.O=C(O)C=CC(=O)O. The van der Waals surface area contributed by atoms with Crippen LogP contribution in [0.15, 0.2) is 41.1 Å². The normalized spacial score (nSPS) is 15.4. The van der Waals surface area contributed by atoms with Crippen molar-refractivity contribution >= 4 is 29.4 Å². The maximum Gasteiger partial charge on any atom is 0.410 e. The van der Waals surface area contributed by atoms with Crippen LogP contribution in [0.3, 0.4) is 0 Å². The second-order valence-electron chi connectivity index (χ2n) is 7.10. The molecule has 184 valence electrons. The van der Waals surface area contributed by atoms with Crippen LogP contribution in [0.1, 0.15) is 18.1 Å². The van der Waals surface area contributed by atoms with Crippen molar-refractivity contribution in [2.75, 3.05) is 19.6 Å². The number of carbonyl (C=O) groups excluding carboxylic acids is 1. The molecule has 0 saturated carbocycles. The predicted molar refractivity (Wildman–Crippen MR) is 119 cm³/mol. The van der Waals surface area contributed by atoms with Crippen molar-refractivity contribution in [1.82, 2.24) is 10.2 Å². The van der Waals surface area contributed by atoms with Gasteiger partial charge in [0.05, 0.1) is 5.56 Å². The summed E-state index contributed by atoms with van der Waals surface area (Å²) in [5, 5.41) is 22.6. The topological polar surface area (TPSA) is 125 Å². The van der Waals surface area contributed by atoms with Gasteiger partial charge in [0.25, 0.3) is 0 Å². The fraction of sp³-hybridized carbons (Fsp3) is 0.318. The second-order valence-corrected chi connectivity index (χ2v) is 7.88. The third-order valence-electron chi connectivity index (χ3n) is 4.54. The number of hydrogen-bond acceptors (Lipinski definition) is 7. The smallest absolute Gasteiger partial charge is 0.410 e. The lowest BCUT2D eigenvalue weighted by Crippen LogP contribution is -2.52. The molecule has 2 aromatic rings. The maximum absolute atomic E-state index is 14.2. The van der Waals surface area contributed by atoms with Gasteiger partial charge in [-0.3, -0.25) is 0 Å². The lowest BCUT2D eigenvalue weighted by molar-refractivity contribution is -0.134. The van der Waals surface area contributed by atoms with Crippen molar-refractivity contribution in [3.63, 3.8) is 0 Å². The van der Waals surface area contributed by atoms with Crippen LogP contribution < -0.4 is 10.1 Å². The molecule has 1 aromatic heterocycles. The van der Waals surface area contributed by atoms with E-state index in [0.717, 1.165) is 17.7 Å². The average molecular weight is 499 g/mol. The molecule has 2 heterocycles. The molecule has 1 fully saturated rings. The number of thiophene rings is 1. The van der Waals surface area contributed by atoms with E-state index in [9.17, 15) is 23.2 Å². The summed E-state index contributed by atoms with van der Waals surface area (Å²) in [6, 6.07) is 4.05. The van der Waals surface area contributed by atoms with Gasteiger partial charge in [-0.05, 0) is 29.3 Å². The predicted octanol–water partition coefficient (Wildman–Crippen LogP) is 3.25. The molecule has 3 rings (SSSR count). The molecular formula is C22H24F2N2O7S. The molecule has 0 radical (unpaired) electrons. The zero-order valence-corrected chi connectivity index (χ0v) is 19.0. The summed E-state index contributed by atoms with van der Waals surface area (Å²) in [6.07, 6.45) is 0.542. The van der Waals surface area contributed by atoms with Gasteiger partial charge in [-0.15, -0.1) is 0 Å². The summed E-state index contributed by atoms with van der Waals surface area (Å²) in [6.45, 7) is 3.48. The highest BCUT2D eigenvalue weighted by Crippen LogP contribution is 2.23. The molecule has 1 aromatic carbocycles. The minimum atomic E-state index is -1.26. The van der Waals surface area contributed by atoms with Crippen molar-refractivity contribution in [3.8, 4) is 5.75 Å². The quantitative estimate of drug-likeness (QED) is 0.497. The zero-order chi connectivity index (χ0) is 25.1. The van der Waals surface area contributed by atoms with Crippen LogP contribution in [0, 0.1) is 11.6 Å². The molecule has 1 saturated heterocycles. The molecule has 9 nitrogen and oxygen atoms in total. The number of carboxylic acid groups (broad SMARTS) is 2. The number of piperazine rings is 1. The molecule has 0 aliphatic carbocycles. The van der Waals surface area contributed by atoms with Gasteiger partial charge in [-0.1, -0.05) is 0 Å². The van der Waals surface area contributed by atoms with Gasteiger partial charge >= 0.3 is 18.0 Å². The van der Waals surface area contributed by atoms with Crippen LogP contribution >= 0.6 is 11.3 Å². The molecule has 3 N–H and O–H groups in total. The summed E-state index contributed by atoms with van der Waals surface area (Å²) in [4.78, 5) is 32.8. The third-order valence-corrected chi connectivity index (χ3v) is 5.28. The van der Waals surface area contributed by atoms with E-state index >= 15 is 0 Å². The van der Waals surface area contributed by atoms with Gasteiger partial charge in [0.1, 0.15) is 30.6 Å². The van der Waals surface area contributed by atoms with Crippen LogP contribution in [0.5, 0.6) is 5.75 Å². The number of hydrogen-bond donors (Lipinski definition) is 3. The number of nitrogens with zero attached hydrogens (tertiary/aromatic N) is 1. The summed E-state index contributed by atoms with van der Waals surface area (Å²) in [5.41, 5.74) is 0.642. The largest absolute Gasteiger partial charge is 0.489 e. The maximum atomic E-state index is 14.2. The van der Waals surface area contributed by atoms with Gasteiger partial charge in [0, 0.05) is 50.0 Å². The first kappa shape index (κ1) is 26.7. The average Bonchev–Trinajstić information content (AvgIpc) is 3.30. The molecule has 1 atom stereocenters. The van der Waals surface area contributed by atoms with E-state index in [1.165, 1.54) is 11.3 Å². The first-order valence-corrected chi connectivity index (χ1v) is 11.0. The Bertz CT molecular complexity index is 976. The van der Waals surface area contributed by atoms with E-state index in [-0.39, 0.29) is 24.0 Å². The molecular weight excluding hydrogens is 474 g/mol. The van der Waals surface area contributed by atoms with Crippen LogP contribution in [0.4, 0.5) is 13.6 Å². The molecule has 1 amide bonds. The van der Waals surface area contributed by atoms with Crippen molar-refractivity contribution < 1.29 is 42.9 Å². The van der Waals surface area contributed by atoms with E-state index < -0.39 is 36.3 Å². The number of halogens is 2. The molecule has 34 heavy (non-hydrogen) atoms. The van der Waals surface area contributed by atoms with Gasteiger partial charge in [0.2, 0.25) is 0 Å². The van der Waals surface area contributed by atoms with Crippen LogP contribution in [0.2, 0.25) is 0 Å². The first-order chi connectivity index (χ1) is 16.2. The number of ether oxygens (including phenoxy) is 2. The third kappa shape index (κ3) is 8.79. The fourth-order valence-corrected chi connectivity index (χ4v) is 3.47. The van der Waals surface area contributed by atoms with Crippen molar-refractivity contribution in [2.24, 2.45) is 0 Å². The molecule has 0 bridgehead atoms. The Kier molecular flexibility index (Phi) is 10.4. The highest BCUT2D eigenvalue weighted by atomic mass is 32.1. The molecule has 1 aliphatic heterocycles. The minimum absolute atomic E-state index is 0.0289. The standard InChI is InChI=1S/C18H20F2N2O3S.C4H4O4/c1-12-8-21-3-4-22(12)18(23)25-10-15-16(19)6-14(7-17(15)20)24-9-13-2-5-26-11-13;5-3(6)1-2-4(7)8/h2,5-7,11-12,21H,3-4,8-10H2,1H3;1-2H,(H,5,6)(H,7,8)/t12-;/m1./s1. The Morgan fingerprint density at radius 3 is 2.35 bits per heavy atom. The van der Waals surface area contributed by atoms with Gasteiger partial charge in [-0.2, -0.15) is 11.3 Å². The van der Waals surface area contributed by atoms with Crippen molar-refractivity contribution in [1.29, 1.82) is 0 Å². The number of benzene rings is 1. The van der Waals surface area contributed by atoms with E-state index in [0.29, 0.717) is 31.8 Å². The Morgan fingerprint density at radius 2 is 1.82 bits per heavy atom. The lowest BCUT2D eigenvalue weighted by atomic mass is 10.2. The van der Waals surface area contributed by atoms with E-state index in [4.69, 9.17) is 19.7 Å². The van der Waals surface area contributed by atoms with Gasteiger partial charge < -0.3 is 29.9 Å². The van der Waals surface area contributed by atoms with E-state index in [1.54, 1.807) is 4.90 Å². The molecule has 1 aliphatic rings. The van der Waals surface area contributed by atoms with Gasteiger partial charge in [-0.25, -0.2) is 23.2 Å². The summed E-state index contributed by atoms with van der Waals surface area (Å²) < 4.78 is 38.9. The Morgan fingerprint density at radius 1 is 1.18 bits per heavy atom. The highest BCUT2D eigenvalue weighted by molar-refractivity contribution is 7.07. The fourth-order valence-electron chi connectivity index (χ4n) is 2.81. The molecule has 12 heteroatoms. The van der Waals surface area contributed by atoms with Crippen LogP contribution in [-0.4, -0.2) is 58.8 Å². The zero-order valence-electron chi connectivity index (χ0n) is 18.2. The van der Waals surface area contributed by atoms with E-state index in [2.05, 4.69) is 5.32 Å². The molecule has 0 unspecified atom stereocenters. The second kappa shape index (κ2) is 13.3. The number of carboxylic acids is 2. The summed E-state index contributed by atoms with van der Waals surface area (Å²) >= 11 is 1.52. The minimum Gasteiger partial charge on any atom is -0.489 e. The number of aliphatic carboxylic acids is 2. The summed E-state index contributed by atoms with van der Waals surface area (Å²) in [5.74, 6) is -4.02. The Labute approximate surface area is 198 Å². The van der Waals surface area contributed by atoms with E-state index in [1.807, 2.05) is 23.8 Å². The lowest BCUT2D eigenvalue weighted by Gasteiger charge is -2.33. The summed E-state index contributed by atoms with van der Waals surface area (Å²) in [7, 11) is 0. The number of amides is 1. The first-order valence-electron chi connectivity index (χ1n) is 10.1. The van der Waals surface area contributed by atoms with Crippen LogP contribution in [-0.2, 0) is 27.5 Å². The number of carbonyl (C=O) groups is 3. The highest BCUT2D eigenvalue weighted by Gasteiger charge is 2.25. The number of rotatable bonds is 7. The monoisotopic (exact) mass is 498 g/mol. The molecule has 0 spiro atoms. The van der Waals surface area contributed by atoms with Crippen molar-refractivity contribution in [3.05, 3.63) is 63.9 Å². The Balaban J connectivity index is 0.000000440. The Hall–Kier alpha value is -3.51.